The summed E-state index contributed by atoms with van der Waals surface area (Å²) < 4.78 is 55.0. The van der Waals surface area contributed by atoms with Gasteiger partial charge in [0.1, 0.15) is 18.9 Å². The van der Waals surface area contributed by atoms with Crippen molar-refractivity contribution >= 4 is 39.7 Å². The molecule has 0 rings (SSSR count). The Hall–Kier alpha value is 0.530. The van der Waals surface area contributed by atoms with Gasteiger partial charge in [0.05, 0.1) is 12.6 Å². The fraction of sp³-hybridized carbons (Fsp3) is 1.00. The van der Waals surface area contributed by atoms with Gasteiger partial charge in [-0.05, 0) is 0 Å². The van der Waals surface area contributed by atoms with Gasteiger partial charge in [-0.1, -0.05) is 0 Å². The van der Waals surface area contributed by atoms with Crippen molar-refractivity contribution < 1.29 is 52.2 Å². The molecule has 0 aliphatic heterocycles. The Morgan fingerprint density at radius 2 is 0.821 bits per heavy atom. The van der Waals surface area contributed by atoms with E-state index in [1.54, 1.807) is 0 Å². The number of rotatable bonds is 16. The smallest absolute Gasteiger partial charge is 0.324 e. The van der Waals surface area contributed by atoms with E-state index in [0.29, 0.717) is 0 Å². The van der Waals surface area contributed by atoms with Crippen molar-refractivity contribution in [2.45, 2.75) is 0 Å². The molecule has 28 heavy (non-hydrogen) atoms. The molecule has 0 amide bonds. The van der Waals surface area contributed by atoms with Crippen molar-refractivity contribution in [3.05, 3.63) is 0 Å². The molecular formula is C9H24N3O11P5. The molecule has 0 aromatic carbocycles. The van der Waals surface area contributed by atoms with E-state index in [1.807, 2.05) is 0 Å². The van der Waals surface area contributed by atoms with Crippen LogP contribution in [-0.4, -0.2) is 102 Å². The highest BCUT2D eigenvalue weighted by Crippen LogP contribution is 2.41. The topological polar surface area (TPSA) is 216 Å². The second kappa shape index (κ2) is 13.1. The fourth-order valence-corrected chi connectivity index (χ4v) is 5.59. The lowest BCUT2D eigenvalue weighted by molar-refractivity contribution is 0.205. The summed E-state index contributed by atoms with van der Waals surface area (Å²) in [7, 11) is -14.2. The normalized spacial score (nSPS) is 14.0. The van der Waals surface area contributed by atoms with E-state index in [-0.39, 0.29) is 55.7 Å². The van der Waals surface area contributed by atoms with E-state index < -0.39 is 41.6 Å². The first kappa shape index (κ1) is 28.5. The highest BCUT2D eigenvalue weighted by Gasteiger charge is 2.27. The lowest BCUT2D eigenvalue weighted by Gasteiger charge is -2.29. The predicted octanol–water partition coefficient (Wildman–Crippen LogP) is -0.204. The molecule has 0 fully saturated rings. The van der Waals surface area contributed by atoms with E-state index >= 15 is 0 Å². The van der Waals surface area contributed by atoms with E-state index in [4.69, 9.17) is 19.6 Å². The largest absolute Gasteiger partial charge is 0.339 e. The molecule has 0 atom stereocenters. The average molecular weight is 505 g/mol. The van der Waals surface area contributed by atoms with Gasteiger partial charge >= 0.3 is 22.8 Å². The average Bonchev–Trinajstić information content (AvgIpc) is 2.45. The van der Waals surface area contributed by atoms with Gasteiger partial charge in [0, 0.05) is 26.2 Å². The monoisotopic (exact) mass is 505 g/mol. The van der Waals surface area contributed by atoms with Crippen molar-refractivity contribution in [1.29, 1.82) is 0 Å². The van der Waals surface area contributed by atoms with Crippen LogP contribution in [0, 0.1) is 0 Å². The Bertz CT molecular complexity index is 599. The Morgan fingerprint density at radius 3 is 1.14 bits per heavy atom. The zero-order chi connectivity index (χ0) is 22.0. The maximum atomic E-state index is 11.3. The highest BCUT2D eigenvalue weighted by molar-refractivity contribution is 7.52. The maximum absolute atomic E-state index is 11.3. The van der Waals surface area contributed by atoms with Crippen LogP contribution in [0.4, 0.5) is 0 Å². The van der Waals surface area contributed by atoms with Gasteiger partial charge in [-0.3, -0.25) is 37.5 Å². The molecule has 0 aromatic rings. The molecule has 166 valence electrons. The highest BCUT2D eigenvalue weighted by atomic mass is 31.2. The number of hydrogen-bond donors (Lipinski definition) is 6. The van der Waals surface area contributed by atoms with E-state index in [0.717, 1.165) is 4.90 Å². The van der Waals surface area contributed by atoms with Crippen LogP contribution in [0.5, 0.6) is 0 Å². The van der Waals surface area contributed by atoms with Crippen molar-refractivity contribution in [3.63, 3.8) is 0 Å². The van der Waals surface area contributed by atoms with Crippen LogP contribution < -0.4 is 0 Å². The third-order valence-electron chi connectivity index (χ3n) is 3.13. The van der Waals surface area contributed by atoms with E-state index in [2.05, 4.69) is 0 Å². The molecule has 0 aromatic heterocycles. The van der Waals surface area contributed by atoms with Gasteiger partial charge in [0.25, 0.3) is 0 Å². The minimum Gasteiger partial charge on any atom is -0.324 e. The maximum Gasteiger partial charge on any atom is 0.339 e. The third-order valence-corrected chi connectivity index (χ3v) is 6.47. The molecule has 14 nitrogen and oxygen atoms in total. The quantitative estimate of drug-likeness (QED) is 0.150. The molecule has 6 N–H and O–H groups in total. The standard InChI is InChI=1S/C9H24N3O11P5/c13-24-5-11(6-25-14)3-1-10(7-26(15,16)17)2-4-12(8-27(18,19)20)9-28(21,22)23/h1-9H2,(H2,15,16,17)(H2,18,19,20)(H2,21,22,23). The second-order valence-electron chi connectivity index (χ2n) is 5.87. The Kier molecular flexibility index (Phi) is 13.3. The van der Waals surface area contributed by atoms with Crippen LogP contribution in [0.3, 0.4) is 0 Å². The first-order valence-electron chi connectivity index (χ1n) is 7.54. The van der Waals surface area contributed by atoms with Crippen molar-refractivity contribution in [2.75, 3.05) is 57.6 Å². The van der Waals surface area contributed by atoms with Gasteiger partial charge in [0.2, 0.25) is 0 Å². The molecule has 0 bridgehead atoms. The summed E-state index contributed by atoms with van der Waals surface area (Å²) in [6.45, 7) is -0.282. The number of hydrogen-bond acceptors (Lipinski definition) is 8. The zero-order valence-corrected chi connectivity index (χ0v) is 19.1. The van der Waals surface area contributed by atoms with Crippen LogP contribution in [0.25, 0.3) is 0 Å². The van der Waals surface area contributed by atoms with Crippen molar-refractivity contribution in [3.8, 4) is 0 Å². The number of nitrogens with zero attached hydrogens (tertiary/aromatic N) is 3. The molecule has 0 aliphatic rings. The van der Waals surface area contributed by atoms with Crippen LogP contribution >= 0.6 is 39.7 Å². The predicted molar refractivity (Wildman–Crippen MR) is 101 cm³/mol. The minimum atomic E-state index is -4.63. The summed E-state index contributed by atoms with van der Waals surface area (Å²) in [4.78, 5) is 58.1. The third kappa shape index (κ3) is 17.4. The first-order valence-corrected chi connectivity index (χ1v) is 14.9. The lowest BCUT2D eigenvalue weighted by Crippen LogP contribution is -2.40. The molecule has 0 unspecified atom stereocenters. The molecule has 0 aliphatic carbocycles. The summed E-state index contributed by atoms with van der Waals surface area (Å²) >= 11 is 0. The molecule has 0 heterocycles. The van der Waals surface area contributed by atoms with Gasteiger partial charge < -0.3 is 29.4 Å². The van der Waals surface area contributed by atoms with Gasteiger partial charge in [-0.25, -0.2) is 0 Å². The van der Waals surface area contributed by atoms with E-state index in [1.165, 1.54) is 9.80 Å². The summed E-state index contributed by atoms with van der Waals surface area (Å²) in [5, 5.41) is 0. The van der Waals surface area contributed by atoms with Gasteiger partial charge in [-0.15, -0.1) is 0 Å². The zero-order valence-electron chi connectivity index (χ0n) is 14.7. The van der Waals surface area contributed by atoms with Crippen LogP contribution in [0.15, 0.2) is 0 Å². The molecule has 0 saturated heterocycles. The van der Waals surface area contributed by atoms with Gasteiger partial charge in [0.15, 0.2) is 16.9 Å². The fourth-order valence-electron chi connectivity index (χ4n) is 2.14. The van der Waals surface area contributed by atoms with E-state index in [9.17, 15) is 32.6 Å². The molecular weight excluding hydrogens is 481 g/mol. The summed E-state index contributed by atoms with van der Waals surface area (Å²) in [6, 6.07) is 0. The molecule has 19 heteroatoms. The van der Waals surface area contributed by atoms with Crippen LogP contribution in [-0.2, 0) is 22.8 Å². The minimum absolute atomic E-state index is 0.0236. The van der Waals surface area contributed by atoms with Crippen molar-refractivity contribution in [1.82, 2.24) is 14.7 Å². The Balaban J connectivity index is 5.09. The molecule has 0 radical (unpaired) electrons. The Morgan fingerprint density at radius 1 is 0.536 bits per heavy atom. The van der Waals surface area contributed by atoms with Gasteiger partial charge in [-0.2, -0.15) is 0 Å². The molecule has 0 saturated carbocycles. The summed E-state index contributed by atoms with van der Waals surface area (Å²) in [6.07, 6.45) is -2.48. The second-order valence-corrected chi connectivity index (χ2v) is 11.8. The summed E-state index contributed by atoms with van der Waals surface area (Å²) in [5.74, 6) is 0. The van der Waals surface area contributed by atoms with Crippen molar-refractivity contribution in [2.24, 2.45) is 0 Å². The van der Waals surface area contributed by atoms with Crippen LogP contribution in [0.1, 0.15) is 0 Å². The SMILES string of the molecule is O=PCN(CCN(CCN(CP(=O)(O)O)CP(=O)(O)O)CP(=O)(O)O)CP=O. The Labute approximate surface area is 164 Å². The van der Waals surface area contributed by atoms with Crippen LogP contribution in [0.2, 0.25) is 0 Å². The lowest BCUT2D eigenvalue weighted by atomic mass is 10.4. The molecule has 0 spiro atoms. The first-order chi connectivity index (χ1) is 12.6. The summed E-state index contributed by atoms with van der Waals surface area (Å²) in [5.41, 5.74) is 0.